The predicted octanol–water partition coefficient (Wildman–Crippen LogP) is 3.96. The van der Waals surface area contributed by atoms with E-state index < -0.39 is 0 Å². The molecule has 1 aromatic carbocycles. The summed E-state index contributed by atoms with van der Waals surface area (Å²) >= 11 is 0. The molecule has 0 unspecified atom stereocenters. The molecule has 4 heterocycles. The van der Waals surface area contributed by atoms with Gasteiger partial charge in [0.1, 0.15) is 18.1 Å². The first kappa shape index (κ1) is 17.4. The van der Waals surface area contributed by atoms with Gasteiger partial charge >= 0.3 is 0 Å². The van der Waals surface area contributed by atoms with Crippen LogP contribution in [0.2, 0.25) is 0 Å². The van der Waals surface area contributed by atoms with Gasteiger partial charge in [0.15, 0.2) is 11.5 Å². The van der Waals surface area contributed by atoms with Crippen LogP contribution in [0.25, 0.3) is 16.6 Å². The smallest absolute Gasteiger partial charge is 0.175 e. The molecule has 5 rings (SSSR count). The van der Waals surface area contributed by atoms with Crippen molar-refractivity contribution in [3.05, 3.63) is 72.0 Å². The van der Waals surface area contributed by atoms with E-state index in [-0.39, 0.29) is 0 Å². The van der Waals surface area contributed by atoms with Crippen molar-refractivity contribution in [1.82, 2.24) is 19.6 Å². The van der Waals surface area contributed by atoms with Crippen molar-refractivity contribution in [3.63, 3.8) is 0 Å². The van der Waals surface area contributed by atoms with Gasteiger partial charge in [0, 0.05) is 41.5 Å². The van der Waals surface area contributed by atoms with Gasteiger partial charge < -0.3 is 9.47 Å². The van der Waals surface area contributed by atoms with Crippen molar-refractivity contribution in [3.8, 4) is 11.5 Å². The van der Waals surface area contributed by atoms with Gasteiger partial charge in [0.25, 0.3) is 0 Å². The summed E-state index contributed by atoms with van der Waals surface area (Å²) in [6.45, 7) is 2.30. The molecule has 0 aliphatic carbocycles. The number of rotatable bonds is 5. The lowest BCUT2D eigenvalue weighted by Crippen LogP contribution is -2.04. The highest BCUT2D eigenvalue weighted by Crippen LogP contribution is 2.27. The first-order chi connectivity index (χ1) is 14.2. The lowest BCUT2D eigenvalue weighted by atomic mass is 10.1. The number of benzene rings is 1. The maximum absolute atomic E-state index is 6.08. The predicted molar refractivity (Wildman–Crippen MR) is 111 cm³/mol. The second kappa shape index (κ2) is 7.01. The molecule has 3 aromatic heterocycles. The molecule has 0 saturated heterocycles. The minimum atomic E-state index is 0.291. The normalized spacial score (nSPS) is 13.6. The first-order valence-electron chi connectivity index (χ1n) is 9.35. The van der Waals surface area contributed by atoms with E-state index in [2.05, 4.69) is 26.2 Å². The molecule has 0 saturated carbocycles. The Kier molecular flexibility index (Phi) is 4.20. The van der Waals surface area contributed by atoms with Crippen LogP contribution in [0.5, 0.6) is 11.5 Å². The molecule has 0 fully saturated rings. The number of aromatic nitrogens is 4. The number of hydrogen-bond donors (Lipinski definition) is 0. The van der Waals surface area contributed by atoms with Crippen molar-refractivity contribution in [2.45, 2.75) is 20.0 Å². The minimum Gasteiger partial charge on any atom is -0.497 e. The molecule has 144 valence electrons. The summed E-state index contributed by atoms with van der Waals surface area (Å²) in [4.78, 5) is 8.99. The highest BCUT2D eigenvalue weighted by Gasteiger charge is 2.13. The van der Waals surface area contributed by atoms with Crippen molar-refractivity contribution >= 4 is 22.3 Å². The van der Waals surface area contributed by atoms with Crippen LogP contribution in [0.4, 0.5) is 0 Å². The average Bonchev–Trinajstić information content (AvgIpc) is 3.37. The third-order valence-corrected chi connectivity index (χ3v) is 4.97. The molecule has 29 heavy (non-hydrogen) atoms. The summed E-state index contributed by atoms with van der Waals surface area (Å²) in [5.74, 6) is 2.23. The second-order valence-electron chi connectivity index (χ2n) is 6.85. The topological polar surface area (TPSA) is 73.9 Å². The van der Waals surface area contributed by atoms with Gasteiger partial charge in [-0.3, -0.25) is 14.4 Å². The Morgan fingerprint density at radius 3 is 2.86 bits per heavy atom. The highest BCUT2D eigenvalue weighted by molar-refractivity contribution is 6.03. The number of ether oxygens (including phenoxy) is 2. The number of allylic oxidation sites excluding steroid dienone is 2. The Hall–Kier alpha value is -3.74. The van der Waals surface area contributed by atoms with E-state index >= 15 is 0 Å². The van der Waals surface area contributed by atoms with E-state index in [9.17, 15) is 0 Å². The van der Waals surface area contributed by atoms with Crippen molar-refractivity contribution in [2.24, 2.45) is 4.99 Å². The average molecular weight is 385 g/mol. The van der Waals surface area contributed by atoms with Gasteiger partial charge in [0.05, 0.1) is 18.3 Å². The molecular weight excluding hydrogens is 366 g/mol. The van der Waals surface area contributed by atoms with E-state index in [1.807, 2.05) is 53.9 Å². The Morgan fingerprint density at radius 2 is 2.03 bits per heavy atom. The molecule has 0 bridgehead atoms. The van der Waals surface area contributed by atoms with E-state index in [0.717, 1.165) is 57.3 Å². The van der Waals surface area contributed by atoms with Gasteiger partial charge in [-0.05, 0) is 37.3 Å². The Morgan fingerprint density at radius 1 is 1.10 bits per heavy atom. The number of fused-ring (bicyclic) bond motifs is 2. The van der Waals surface area contributed by atoms with Crippen molar-refractivity contribution in [1.29, 1.82) is 0 Å². The van der Waals surface area contributed by atoms with E-state index in [0.29, 0.717) is 6.61 Å². The summed E-state index contributed by atoms with van der Waals surface area (Å²) in [6.07, 6.45) is 6.72. The molecule has 1 aliphatic heterocycles. The van der Waals surface area contributed by atoms with E-state index in [4.69, 9.17) is 9.47 Å². The standard InChI is InChI=1S/C22H19N5O2/c1-14-3-7-18(24-14)15-4-8-21-25-26-22(27(21)12-15)13-29-20-9-10-23-19-11-16(28-2)5-6-17(19)20/h3-6,8-12H,7,13H2,1-2H3. The molecule has 4 aromatic rings. The zero-order valence-electron chi connectivity index (χ0n) is 16.2. The SMILES string of the molecule is COc1ccc2c(OCc3nnc4ccc(C5=NC(C)=CC5)cn34)ccnc2c1. The largest absolute Gasteiger partial charge is 0.497 e. The van der Waals surface area contributed by atoms with Crippen molar-refractivity contribution < 1.29 is 9.47 Å². The monoisotopic (exact) mass is 385 g/mol. The minimum absolute atomic E-state index is 0.291. The van der Waals surface area contributed by atoms with Gasteiger partial charge in [-0.15, -0.1) is 10.2 Å². The molecule has 0 spiro atoms. The maximum atomic E-state index is 6.08. The highest BCUT2D eigenvalue weighted by atomic mass is 16.5. The fourth-order valence-electron chi connectivity index (χ4n) is 3.44. The lowest BCUT2D eigenvalue weighted by molar-refractivity contribution is 0.298. The van der Waals surface area contributed by atoms with Crippen LogP contribution in [0.1, 0.15) is 24.7 Å². The molecule has 1 aliphatic rings. The first-order valence-corrected chi connectivity index (χ1v) is 9.35. The van der Waals surface area contributed by atoms with Gasteiger partial charge in [-0.1, -0.05) is 6.08 Å². The number of hydrogen-bond acceptors (Lipinski definition) is 6. The fourth-order valence-corrected chi connectivity index (χ4v) is 3.44. The molecule has 0 atom stereocenters. The van der Waals surface area contributed by atoms with Crippen LogP contribution < -0.4 is 9.47 Å². The molecule has 7 heteroatoms. The maximum Gasteiger partial charge on any atom is 0.175 e. The van der Waals surface area contributed by atoms with E-state index in [1.54, 1.807) is 13.3 Å². The Labute approximate surface area is 167 Å². The fraction of sp³-hybridized carbons (Fsp3) is 0.182. The van der Waals surface area contributed by atoms with Gasteiger partial charge in [-0.25, -0.2) is 0 Å². The van der Waals surface area contributed by atoms with Crippen LogP contribution >= 0.6 is 0 Å². The van der Waals surface area contributed by atoms with Crippen LogP contribution in [0, 0.1) is 0 Å². The quantitative estimate of drug-likeness (QED) is 0.520. The van der Waals surface area contributed by atoms with Crippen LogP contribution in [0.15, 0.2) is 65.6 Å². The third-order valence-electron chi connectivity index (χ3n) is 4.97. The summed E-state index contributed by atoms with van der Waals surface area (Å²) in [5.41, 5.74) is 4.76. The van der Waals surface area contributed by atoms with Gasteiger partial charge in [-0.2, -0.15) is 0 Å². The Balaban J connectivity index is 1.44. The number of pyridine rings is 2. The second-order valence-corrected chi connectivity index (χ2v) is 6.85. The molecular formula is C22H19N5O2. The third kappa shape index (κ3) is 3.20. The number of aliphatic imine (C=N–C) groups is 1. The van der Waals surface area contributed by atoms with Crippen LogP contribution in [-0.4, -0.2) is 32.4 Å². The zero-order valence-corrected chi connectivity index (χ0v) is 16.2. The van der Waals surface area contributed by atoms with Crippen molar-refractivity contribution in [2.75, 3.05) is 7.11 Å². The molecule has 7 nitrogen and oxygen atoms in total. The summed E-state index contributed by atoms with van der Waals surface area (Å²) in [6, 6.07) is 11.6. The number of methoxy groups -OCH3 is 1. The van der Waals surface area contributed by atoms with E-state index in [1.165, 1.54) is 0 Å². The summed E-state index contributed by atoms with van der Waals surface area (Å²) in [7, 11) is 1.64. The lowest BCUT2D eigenvalue weighted by Gasteiger charge is -2.09. The number of nitrogens with zero attached hydrogens (tertiary/aromatic N) is 5. The molecule has 0 radical (unpaired) electrons. The summed E-state index contributed by atoms with van der Waals surface area (Å²) < 4.78 is 13.3. The molecule has 0 N–H and O–H groups in total. The van der Waals surface area contributed by atoms with Crippen LogP contribution in [0.3, 0.4) is 0 Å². The van der Waals surface area contributed by atoms with Gasteiger partial charge in [0.2, 0.25) is 0 Å². The Bertz CT molecular complexity index is 1290. The summed E-state index contributed by atoms with van der Waals surface area (Å²) in [5, 5.41) is 9.47. The zero-order chi connectivity index (χ0) is 19.8. The molecule has 0 amide bonds. The van der Waals surface area contributed by atoms with Crippen LogP contribution in [-0.2, 0) is 6.61 Å².